The minimum atomic E-state index is 0.640. The first kappa shape index (κ1) is 13.6. The van der Waals surface area contributed by atoms with E-state index in [9.17, 15) is 0 Å². The molecule has 0 N–H and O–H groups in total. The lowest BCUT2D eigenvalue weighted by atomic mass is 9.62. The first-order valence-corrected chi connectivity index (χ1v) is 9.10. The molecule has 0 aliphatic heterocycles. The van der Waals surface area contributed by atoms with E-state index >= 15 is 0 Å². The van der Waals surface area contributed by atoms with Crippen molar-refractivity contribution in [3.63, 3.8) is 0 Å². The Kier molecular flexibility index (Phi) is 2.86. The third kappa shape index (κ3) is 1.90. The summed E-state index contributed by atoms with van der Waals surface area (Å²) in [6, 6.07) is 20.4. The Labute approximate surface area is 139 Å². The molecule has 2 fully saturated rings. The van der Waals surface area contributed by atoms with Crippen molar-refractivity contribution in [2.45, 2.75) is 38.5 Å². The molecule has 2 aromatic carbocycles. The molecular weight excluding hydrogens is 276 g/mol. The van der Waals surface area contributed by atoms with Crippen LogP contribution in [0.3, 0.4) is 0 Å². The van der Waals surface area contributed by atoms with Gasteiger partial charge >= 0.3 is 0 Å². The molecule has 5 rings (SSSR count). The van der Waals surface area contributed by atoms with E-state index in [4.69, 9.17) is 0 Å². The average molecular weight is 300 g/mol. The highest BCUT2D eigenvalue weighted by Gasteiger charge is 2.54. The van der Waals surface area contributed by atoms with E-state index in [1.54, 1.807) is 16.7 Å². The van der Waals surface area contributed by atoms with Crippen LogP contribution in [0.2, 0.25) is 0 Å². The summed E-state index contributed by atoms with van der Waals surface area (Å²) in [4.78, 5) is 0. The molecule has 0 radical (unpaired) electrons. The van der Waals surface area contributed by atoms with Crippen molar-refractivity contribution in [2.75, 3.05) is 0 Å². The van der Waals surface area contributed by atoms with Crippen LogP contribution in [0, 0.1) is 17.8 Å². The third-order valence-electron chi connectivity index (χ3n) is 6.74. The van der Waals surface area contributed by atoms with Crippen LogP contribution in [0.4, 0.5) is 0 Å². The smallest absolute Gasteiger partial charge is 0.00599 e. The molecule has 3 aliphatic carbocycles. The number of allylic oxidation sites excluding steroid dienone is 2. The lowest BCUT2D eigenvalue weighted by Crippen LogP contribution is -2.29. The van der Waals surface area contributed by atoms with Crippen molar-refractivity contribution in [3.05, 3.63) is 76.9 Å². The van der Waals surface area contributed by atoms with E-state index in [2.05, 4.69) is 68.4 Å². The molecule has 0 nitrogen and oxygen atoms in total. The van der Waals surface area contributed by atoms with Gasteiger partial charge in [-0.3, -0.25) is 0 Å². The molecule has 5 unspecified atom stereocenters. The van der Waals surface area contributed by atoms with Gasteiger partial charge in [-0.25, -0.2) is 0 Å². The van der Waals surface area contributed by atoms with Gasteiger partial charge in [-0.2, -0.15) is 0 Å². The standard InChI is InChI=1S/C23H24/c1-14-18-10-6-7-11-19(18)15(2)23-21-13-17(21)12-20(22(14)23)16-8-4-3-5-9-16/h3-11,15,17,20-21,23H,12-13H2,1-2H3. The van der Waals surface area contributed by atoms with Gasteiger partial charge in [0.05, 0.1) is 0 Å². The van der Waals surface area contributed by atoms with Crippen molar-refractivity contribution < 1.29 is 0 Å². The molecule has 5 atom stereocenters. The summed E-state index contributed by atoms with van der Waals surface area (Å²) in [5, 5.41) is 0. The van der Waals surface area contributed by atoms with Crippen LogP contribution in [0.25, 0.3) is 5.57 Å². The van der Waals surface area contributed by atoms with E-state index in [1.165, 1.54) is 24.0 Å². The maximum atomic E-state index is 2.47. The Balaban J connectivity index is 1.72. The Morgan fingerprint density at radius 1 is 0.870 bits per heavy atom. The predicted molar refractivity (Wildman–Crippen MR) is 96.3 cm³/mol. The zero-order valence-electron chi connectivity index (χ0n) is 14.0. The van der Waals surface area contributed by atoms with Crippen molar-refractivity contribution in [3.8, 4) is 0 Å². The molecule has 0 heteroatoms. The molecule has 3 aliphatic rings. The fourth-order valence-electron chi connectivity index (χ4n) is 5.61. The second-order valence-electron chi connectivity index (χ2n) is 7.84. The summed E-state index contributed by atoms with van der Waals surface area (Å²) < 4.78 is 0. The summed E-state index contributed by atoms with van der Waals surface area (Å²) in [6.45, 7) is 4.85. The predicted octanol–water partition coefficient (Wildman–Crippen LogP) is 6.02. The summed E-state index contributed by atoms with van der Waals surface area (Å²) in [7, 11) is 0. The van der Waals surface area contributed by atoms with Gasteiger partial charge in [0.15, 0.2) is 0 Å². The largest absolute Gasteiger partial charge is 0.0622 e. The van der Waals surface area contributed by atoms with Crippen molar-refractivity contribution in [2.24, 2.45) is 17.8 Å². The minimum Gasteiger partial charge on any atom is -0.0622 e. The number of hydrogen-bond donors (Lipinski definition) is 0. The van der Waals surface area contributed by atoms with Crippen LogP contribution in [0.15, 0.2) is 60.2 Å². The van der Waals surface area contributed by atoms with Crippen LogP contribution in [0.1, 0.15) is 55.2 Å². The molecule has 0 aromatic heterocycles. The van der Waals surface area contributed by atoms with Crippen molar-refractivity contribution >= 4 is 5.57 Å². The molecule has 2 saturated carbocycles. The van der Waals surface area contributed by atoms with Gasteiger partial charge in [0.25, 0.3) is 0 Å². The van der Waals surface area contributed by atoms with Gasteiger partial charge in [0.1, 0.15) is 0 Å². The van der Waals surface area contributed by atoms with E-state index in [0.717, 1.165) is 17.8 Å². The fraction of sp³-hybridized carbons (Fsp3) is 0.391. The molecule has 0 spiro atoms. The van der Waals surface area contributed by atoms with Crippen LogP contribution in [0.5, 0.6) is 0 Å². The third-order valence-corrected chi connectivity index (χ3v) is 6.74. The number of rotatable bonds is 1. The fourth-order valence-corrected chi connectivity index (χ4v) is 5.61. The lowest BCUT2D eigenvalue weighted by Gasteiger charge is -2.42. The highest BCUT2D eigenvalue weighted by Crippen LogP contribution is 2.65. The minimum absolute atomic E-state index is 0.640. The van der Waals surface area contributed by atoms with E-state index < -0.39 is 0 Å². The molecule has 0 amide bonds. The summed E-state index contributed by atoms with van der Waals surface area (Å²) in [5.41, 5.74) is 7.96. The summed E-state index contributed by atoms with van der Waals surface area (Å²) in [6.07, 6.45) is 2.82. The van der Waals surface area contributed by atoms with E-state index in [0.29, 0.717) is 11.8 Å². The molecule has 0 saturated heterocycles. The number of benzene rings is 2. The normalized spacial score (nSPS) is 34.4. The van der Waals surface area contributed by atoms with Crippen molar-refractivity contribution in [1.82, 2.24) is 0 Å². The maximum absolute atomic E-state index is 2.47. The Hall–Kier alpha value is -1.82. The van der Waals surface area contributed by atoms with E-state index in [-0.39, 0.29) is 0 Å². The van der Waals surface area contributed by atoms with Gasteiger partial charge in [0.2, 0.25) is 0 Å². The van der Waals surface area contributed by atoms with Crippen molar-refractivity contribution in [1.29, 1.82) is 0 Å². The first-order chi connectivity index (χ1) is 11.3. The van der Waals surface area contributed by atoms with Gasteiger partial charge in [-0.1, -0.05) is 67.1 Å². The highest BCUT2D eigenvalue weighted by molar-refractivity contribution is 5.75. The molecular formula is C23H24. The molecule has 2 aromatic rings. The van der Waals surface area contributed by atoms with E-state index in [1.807, 2.05) is 0 Å². The molecule has 0 bridgehead atoms. The van der Waals surface area contributed by atoms with Crippen LogP contribution in [-0.2, 0) is 0 Å². The SMILES string of the molecule is CC1=C2C(c3ccccc3)CC3CC3C2C(C)c2ccccc21. The Bertz CT molecular complexity index is 783. The van der Waals surface area contributed by atoms with Crippen LogP contribution in [-0.4, -0.2) is 0 Å². The zero-order chi connectivity index (χ0) is 15.6. The second-order valence-corrected chi connectivity index (χ2v) is 7.84. The highest BCUT2D eigenvalue weighted by atomic mass is 14.6. The van der Waals surface area contributed by atoms with Gasteiger partial charge < -0.3 is 0 Å². The number of fused-ring (bicyclic) bond motifs is 4. The Morgan fingerprint density at radius 3 is 2.43 bits per heavy atom. The number of hydrogen-bond acceptors (Lipinski definition) is 0. The average Bonchev–Trinajstić information content (AvgIpc) is 3.38. The molecule has 0 heterocycles. The monoisotopic (exact) mass is 300 g/mol. The van der Waals surface area contributed by atoms with Crippen LogP contribution < -0.4 is 0 Å². The first-order valence-electron chi connectivity index (χ1n) is 9.10. The van der Waals surface area contributed by atoms with Gasteiger partial charge in [-0.05, 0) is 65.7 Å². The Morgan fingerprint density at radius 2 is 1.61 bits per heavy atom. The summed E-state index contributed by atoms with van der Waals surface area (Å²) >= 11 is 0. The molecule has 116 valence electrons. The summed E-state index contributed by atoms with van der Waals surface area (Å²) in [5.74, 6) is 4.00. The molecule has 23 heavy (non-hydrogen) atoms. The topological polar surface area (TPSA) is 0 Å². The van der Waals surface area contributed by atoms with Gasteiger partial charge in [0, 0.05) is 5.92 Å². The quantitative estimate of drug-likeness (QED) is 0.604. The van der Waals surface area contributed by atoms with Crippen LogP contribution >= 0.6 is 0 Å². The maximum Gasteiger partial charge on any atom is 0.00599 e. The second kappa shape index (κ2) is 4.84. The zero-order valence-corrected chi connectivity index (χ0v) is 14.0. The van der Waals surface area contributed by atoms with Gasteiger partial charge in [-0.15, -0.1) is 0 Å². The lowest BCUT2D eigenvalue weighted by molar-refractivity contribution is 0.350.